The first-order chi connectivity index (χ1) is 9.81. The minimum atomic E-state index is -4.92. The summed E-state index contributed by atoms with van der Waals surface area (Å²) in [4.78, 5) is 0. The van der Waals surface area contributed by atoms with Crippen LogP contribution in [0.25, 0.3) is 5.08 Å². The van der Waals surface area contributed by atoms with E-state index in [0.29, 0.717) is 5.69 Å². The molecule has 0 heterocycles. The average molecular weight is 308 g/mol. The predicted octanol–water partition coefficient (Wildman–Crippen LogP) is 2.18. The van der Waals surface area contributed by atoms with Gasteiger partial charge in [-0.15, -0.1) is 0 Å². The van der Waals surface area contributed by atoms with Gasteiger partial charge in [0, 0.05) is 10.7 Å². The predicted molar refractivity (Wildman–Crippen MR) is 76.8 cm³/mol. The van der Waals surface area contributed by atoms with E-state index in [-0.39, 0.29) is 0 Å². The Balaban J connectivity index is 0.000000383. The first kappa shape index (κ1) is 16.4. The van der Waals surface area contributed by atoms with Crippen molar-refractivity contribution in [3.05, 3.63) is 59.7 Å². The Hall–Kier alpha value is -2.67. The van der Waals surface area contributed by atoms with E-state index in [1.54, 1.807) is 24.3 Å². The molecule has 0 aliphatic rings. The van der Waals surface area contributed by atoms with Gasteiger partial charge < -0.3 is 10.3 Å². The van der Waals surface area contributed by atoms with Crippen molar-refractivity contribution in [3.8, 4) is 0 Å². The number of hydrogen-bond donors (Lipinski definition) is 2. The molecule has 8 nitrogen and oxygen atoms in total. The summed E-state index contributed by atoms with van der Waals surface area (Å²) < 4.78 is 32.8. The molecular weight excluding hydrogens is 296 g/mol. The van der Waals surface area contributed by atoms with Crippen molar-refractivity contribution in [2.24, 2.45) is 0 Å². The second-order valence-electron chi connectivity index (χ2n) is 3.76. The molecule has 0 aromatic heterocycles. The van der Waals surface area contributed by atoms with Gasteiger partial charge in [0.1, 0.15) is 11.4 Å². The Labute approximate surface area is 121 Å². The van der Waals surface area contributed by atoms with Gasteiger partial charge in [-0.1, -0.05) is 18.2 Å². The van der Waals surface area contributed by atoms with Crippen molar-refractivity contribution in [3.63, 3.8) is 0 Å². The van der Waals surface area contributed by atoms with Gasteiger partial charge >= 0.3 is 5.08 Å². The second-order valence-corrected chi connectivity index (χ2v) is 4.61. The van der Waals surface area contributed by atoms with Crippen molar-refractivity contribution < 1.29 is 17.5 Å². The van der Waals surface area contributed by atoms with E-state index in [0.717, 1.165) is 11.4 Å². The van der Waals surface area contributed by atoms with Gasteiger partial charge in [0.25, 0.3) is 5.39 Å². The third-order valence-corrected chi connectivity index (χ3v) is 2.23. The van der Waals surface area contributed by atoms with Crippen molar-refractivity contribution in [2.75, 3.05) is 10.7 Å². The van der Waals surface area contributed by atoms with Crippen LogP contribution in [0.4, 0.5) is 17.1 Å². The highest BCUT2D eigenvalue weighted by Crippen LogP contribution is 2.25. The highest BCUT2D eigenvalue weighted by atomic mass is 32.3. The molecule has 0 radical (unpaired) electrons. The quantitative estimate of drug-likeness (QED) is 0.285. The average Bonchev–Trinajstić information content (AvgIpc) is 2.41. The molecule has 2 aromatic rings. The first-order valence-corrected chi connectivity index (χ1v) is 6.92. The molecule has 21 heavy (non-hydrogen) atoms. The molecule has 0 spiro atoms. The molecule has 0 saturated heterocycles. The molecule has 0 fully saturated rings. The summed E-state index contributed by atoms with van der Waals surface area (Å²) in [5.41, 5.74) is 7.81. The lowest BCUT2D eigenvalue weighted by molar-refractivity contribution is 0.366. The van der Waals surface area contributed by atoms with E-state index in [2.05, 4.69) is 5.08 Å². The monoisotopic (exact) mass is 308 g/mol. The Morgan fingerprint density at radius 3 is 1.90 bits per heavy atom. The van der Waals surface area contributed by atoms with Gasteiger partial charge in [-0.3, -0.25) is 4.55 Å². The molecule has 0 saturated carbocycles. The Morgan fingerprint density at radius 1 is 1.05 bits per heavy atom. The van der Waals surface area contributed by atoms with E-state index >= 15 is 0 Å². The van der Waals surface area contributed by atoms with E-state index in [1.807, 2.05) is 30.3 Å². The molecule has 0 atom stereocenters. The fourth-order valence-electron chi connectivity index (χ4n) is 1.44. The molecule has 0 unspecified atom stereocenters. The van der Waals surface area contributed by atoms with E-state index in [1.165, 1.54) is 5.01 Å². The van der Waals surface area contributed by atoms with Gasteiger partial charge in [-0.2, -0.15) is 0 Å². The standard InChI is InChI=1S/C12H11N4.H2O4S/c13-10-6-8-12(9-7-10)16(15-14)11-4-2-1-3-5-11;1-5(2,3)4/h1-9H,13H2;(H2,1,2,3,4)/q+1;/p-1. The zero-order valence-electron chi connectivity index (χ0n) is 10.7. The number of nitrogen functional groups attached to an aromatic ring is 1. The molecule has 0 amide bonds. The zero-order chi connectivity index (χ0) is 15.9. The number of anilines is 3. The smallest absolute Gasteiger partial charge is 0.316 e. The van der Waals surface area contributed by atoms with Crippen LogP contribution in [0.3, 0.4) is 0 Å². The summed E-state index contributed by atoms with van der Waals surface area (Å²) >= 11 is 0. The van der Waals surface area contributed by atoms with Gasteiger partial charge in [-0.05, 0) is 36.4 Å². The summed E-state index contributed by atoms with van der Waals surface area (Å²) in [6, 6.07) is 16.5. The van der Waals surface area contributed by atoms with E-state index in [9.17, 15) is 0 Å². The van der Waals surface area contributed by atoms with Crippen LogP contribution in [-0.4, -0.2) is 17.5 Å². The van der Waals surface area contributed by atoms with Crippen LogP contribution < -0.4 is 10.7 Å². The third kappa shape index (κ3) is 6.35. The van der Waals surface area contributed by atoms with E-state index in [4.69, 9.17) is 28.6 Å². The van der Waals surface area contributed by atoms with Crippen molar-refractivity contribution in [2.45, 2.75) is 0 Å². The lowest BCUT2D eigenvalue weighted by Crippen LogP contribution is -2.05. The summed E-state index contributed by atoms with van der Waals surface area (Å²) in [6.45, 7) is 0. The molecule has 0 aliphatic carbocycles. The number of diazo groups is 1. The fraction of sp³-hybridized carbons (Fsp3) is 0. The van der Waals surface area contributed by atoms with Crippen LogP contribution in [0, 0.1) is 5.39 Å². The lowest BCUT2D eigenvalue weighted by Gasteiger charge is -2.04. The maximum Gasteiger partial charge on any atom is 0.316 e. The van der Waals surface area contributed by atoms with Crippen molar-refractivity contribution in [1.29, 1.82) is 5.39 Å². The molecule has 2 aromatic carbocycles. The van der Waals surface area contributed by atoms with E-state index < -0.39 is 10.4 Å². The van der Waals surface area contributed by atoms with Gasteiger partial charge in [0.2, 0.25) is 10.4 Å². The third-order valence-electron chi connectivity index (χ3n) is 2.23. The maximum absolute atomic E-state index is 9.02. The SMILES string of the molecule is N#[N+]N(c1ccccc1)c1ccc(N)cc1.O=S(=O)([O-])O. The van der Waals surface area contributed by atoms with Crippen molar-refractivity contribution in [1.82, 2.24) is 0 Å². The number of hydrogen-bond acceptors (Lipinski definition) is 6. The van der Waals surface area contributed by atoms with Crippen LogP contribution >= 0.6 is 0 Å². The Morgan fingerprint density at radius 2 is 1.48 bits per heavy atom. The number of nitrogens with zero attached hydrogens (tertiary/aromatic N) is 3. The number of rotatable bonds is 2. The summed E-state index contributed by atoms with van der Waals surface area (Å²) in [6.07, 6.45) is 0. The van der Waals surface area contributed by atoms with Gasteiger partial charge in [-0.25, -0.2) is 8.42 Å². The maximum atomic E-state index is 9.02. The summed E-state index contributed by atoms with van der Waals surface area (Å²) in [5.74, 6) is 0. The largest absolute Gasteiger partial charge is 0.726 e. The van der Waals surface area contributed by atoms with Crippen molar-refractivity contribution >= 4 is 27.5 Å². The Bertz CT molecular complexity index is 703. The fourth-order valence-corrected chi connectivity index (χ4v) is 1.44. The molecular formula is C12H12N4O4S. The van der Waals surface area contributed by atoms with Crippen LogP contribution in [0.5, 0.6) is 0 Å². The number of benzene rings is 2. The number of nitrogens with two attached hydrogens (primary N) is 1. The summed E-state index contributed by atoms with van der Waals surface area (Å²) in [7, 11) is -4.92. The highest BCUT2D eigenvalue weighted by Gasteiger charge is 2.18. The number of para-hydroxylation sites is 1. The molecule has 0 bridgehead atoms. The summed E-state index contributed by atoms with van der Waals surface area (Å²) in [5, 5.41) is 13.7. The normalized spacial score (nSPS) is 9.95. The first-order valence-electron chi connectivity index (χ1n) is 5.55. The molecule has 2 rings (SSSR count). The molecule has 0 aliphatic heterocycles. The van der Waals surface area contributed by atoms with Gasteiger partial charge in [0.05, 0.1) is 0 Å². The lowest BCUT2D eigenvalue weighted by atomic mass is 10.2. The molecule has 110 valence electrons. The minimum Gasteiger partial charge on any atom is -0.726 e. The van der Waals surface area contributed by atoms with Crippen LogP contribution in [0.2, 0.25) is 0 Å². The minimum absolute atomic E-state index is 0.676. The van der Waals surface area contributed by atoms with Crippen LogP contribution in [0.1, 0.15) is 0 Å². The second kappa shape index (κ2) is 7.20. The highest BCUT2D eigenvalue weighted by molar-refractivity contribution is 7.79. The Kier molecular flexibility index (Phi) is 5.62. The van der Waals surface area contributed by atoms with Gasteiger partial charge in [0.15, 0.2) is 0 Å². The molecule has 9 heteroatoms. The van der Waals surface area contributed by atoms with Crippen LogP contribution in [0.15, 0.2) is 54.6 Å². The topological polar surface area (TPSA) is 135 Å². The van der Waals surface area contributed by atoms with Crippen LogP contribution in [-0.2, 0) is 10.4 Å². The zero-order valence-corrected chi connectivity index (χ0v) is 11.5. The molecule has 3 N–H and O–H groups in total.